The van der Waals surface area contributed by atoms with Crippen molar-refractivity contribution >= 4 is 17.6 Å². The lowest BCUT2D eigenvalue weighted by Gasteiger charge is -2.17. The quantitative estimate of drug-likeness (QED) is 0.814. The molecule has 0 saturated heterocycles. The van der Waals surface area contributed by atoms with E-state index in [0.29, 0.717) is 0 Å². The smallest absolute Gasteiger partial charge is 0.311 e. The lowest BCUT2D eigenvalue weighted by Crippen LogP contribution is -2.31. The summed E-state index contributed by atoms with van der Waals surface area (Å²) in [4.78, 5) is 24.6. The van der Waals surface area contributed by atoms with Crippen molar-refractivity contribution in [2.24, 2.45) is 0 Å². The summed E-state index contributed by atoms with van der Waals surface area (Å²) in [5.41, 5.74) is 7.10. The van der Waals surface area contributed by atoms with Gasteiger partial charge in [0.25, 0.3) is 5.91 Å². The predicted octanol–water partition coefficient (Wildman–Crippen LogP) is 4.34. The highest BCUT2D eigenvalue weighted by Crippen LogP contribution is 2.22. The minimum atomic E-state index is -0.853. The van der Waals surface area contributed by atoms with Crippen molar-refractivity contribution in [3.05, 3.63) is 63.7 Å². The van der Waals surface area contributed by atoms with Crippen LogP contribution in [0.4, 0.5) is 5.69 Å². The van der Waals surface area contributed by atoms with Crippen LogP contribution in [0.5, 0.6) is 0 Å². The Morgan fingerprint density at radius 2 is 1.54 bits per heavy atom. The van der Waals surface area contributed by atoms with Crippen molar-refractivity contribution in [3.8, 4) is 0 Å². The van der Waals surface area contributed by atoms with Gasteiger partial charge in [-0.3, -0.25) is 9.59 Å². The van der Waals surface area contributed by atoms with E-state index in [1.54, 1.807) is 6.92 Å². The summed E-state index contributed by atoms with van der Waals surface area (Å²) >= 11 is 0. The Labute approximate surface area is 155 Å². The van der Waals surface area contributed by atoms with Crippen LogP contribution in [0.2, 0.25) is 0 Å². The average molecular weight is 353 g/mol. The summed E-state index contributed by atoms with van der Waals surface area (Å²) in [7, 11) is 0. The van der Waals surface area contributed by atoms with Crippen LogP contribution >= 0.6 is 0 Å². The second-order valence-corrected chi connectivity index (χ2v) is 6.99. The first-order chi connectivity index (χ1) is 12.2. The standard InChI is InChI=1S/C22H27NO3/c1-13-9-16(4)21(17(5)10-13)23-22(25)18(6)26-20(24)12-19-8-7-14(2)15(3)11-19/h7-11,18H,12H2,1-6H3,(H,23,25)/t18-/m0/s1. The topological polar surface area (TPSA) is 55.4 Å². The third-order valence-corrected chi connectivity index (χ3v) is 4.52. The van der Waals surface area contributed by atoms with E-state index in [1.807, 2.05) is 65.0 Å². The number of anilines is 1. The van der Waals surface area contributed by atoms with Crippen LogP contribution < -0.4 is 5.32 Å². The molecule has 0 radical (unpaired) electrons. The number of hydrogen-bond donors (Lipinski definition) is 1. The van der Waals surface area contributed by atoms with E-state index in [2.05, 4.69) is 5.32 Å². The summed E-state index contributed by atoms with van der Waals surface area (Å²) in [6.45, 7) is 11.5. The minimum Gasteiger partial charge on any atom is -0.452 e. The first-order valence-electron chi connectivity index (χ1n) is 8.81. The molecule has 0 spiro atoms. The molecule has 0 aliphatic rings. The summed E-state index contributed by atoms with van der Waals surface area (Å²) in [5.74, 6) is -0.734. The summed E-state index contributed by atoms with van der Waals surface area (Å²) in [5, 5.41) is 2.88. The van der Waals surface area contributed by atoms with Crippen molar-refractivity contribution in [3.63, 3.8) is 0 Å². The van der Waals surface area contributed by atoms with E-state index in [4.69, 9.17) is 4.74 Å². The zero-order chi connectivity index (χ0) is 19.4. The molecule has 0 saturated carbocycles. The molecular weight excluding hydrogens is 326 g/mol. The zero-order valence-corrected chi connectivity index (χ0v) is 16.4. The largest absolute Gasteiger partial charge is 0.452 e. The Morgan fingerprint density at radius 1 is 0.923 bits per heavy atom. The highest BCUT2D eigenvalue weighted by atomic mass is 16.5. The first-order valence-corrected chi connectivity index (χ1v) is 8.81. The lowest BCUT2D eigenvalue weighted by atomic mass is 10.0. The van der Waals surface area contributed by atoms with Gasteiger partial charge in [0.15, 0.2) is 6.10 Å². The second kappa shape index (κ2) is 8.17. The molecule has 4 nitrogen and oxygen atoms in total. The van der Waals surface area contributed by atoms with E-state index >= 15 is 0 Å². The van der Waals surface area contributed by atoms with Crippen LogP contribution in [0.1, 0.15) is 40.3 Å². The van der Waals surface area contributed by atoms with Gasteiger partial charge in [0.05, 0.1) is 6.42 Å². The van der Waals surface area contributed by atoms with E-state index in [9.17, 15) is 9.59 Å². The Hall–Kier alpha value is -2.62. The van der Waals surface area contributed by atoms with Crippen LogP contribution in [-0.4, -0.2) is 18.0 Å². The molecule has 2 aromatic carbocycles. The number of ether oxygens (including phenoxy) is 1. The Kier molecular flexibility index (Phi) is 6.19. The van der Waals surface area contributed by atoms with Gasteiger partial charge in [0.2, 0.25) is 0 Å². The number of nitrogens with one attached hydrogen (secondary N) is 1. The SMILES string of the molecule is Cc1cc(C)c(NC(=O)[C@H](C)OC(=O)Cc2ccc(C)c(C)c2)c(C)c1. The van der Waals surface area contributed by atoms with Gasteiger partial charge in [-0.1, -0.05) is 35.9 Å². The molecule has 26 heavy (non-hydrogen) atoms. The monoisotopic (exact) mass is 353 g/mol. The van der Waals surface area contributed by atoms with Gasteiger partial charge < -0.3 is 10.1 Å². The molecule has 0 aliphatic carbocycles. The van der Waals surface area contributed by atoms with Crippen molar-refractivity contribution in [2.45, 2.75) is 54.1 Å². The average Bonchev–Trinajstić information content (AvgIpc) is 2.54. The Bertz CT molecular complexity index is 816. The van der Waals surface area contributed by atoms with Crippen LogP contribution in [-0.2, 0) is 20.7 Å². The van der Waals surface area contributed by atoms with Gasteiger partial charge in [0.1, 0.15) is 0 Å². The first kappa shape index (κ1) is 19.7. The van der Waals surface area contributed by atoms with Gasteiger partial charge in [-0.25, -0.2) is 0 Å². The number of benzene rings is 2. The summed E-state index contributed by atoms with van der Waals surface area (Å²) in [6, 6.07) is 9.89. The van der Waals surface area contributed by atoms with Crippen LogP contribution in [0.15, 0.2) is 30.3 Å². The Balaban J connectivity index is 1.98. The normalized spacial score (nSPS) is 11.8. The molecule has 1 amide bonds. The minimum absolute atomic E-state index is 0.154. The van der Waals surface area contributed by atoms with E-state index in [-0.39, 0.29) is 12.3 Å². The summed E-state index contributed by atoms with van der Waals surface area (Å²) < 4.78 is 5.31. The van der Waals surface area contributed by atoms with Crippen LogP contribution in [0.3, 0.4) is 0 Å². The molecule has 0 aromatic heterocycles. The van der Waals surface area contributed by atoms with Crippen molar-refractivity contribution < 1.29 is 14.3 Å². The molecule has 0 bridgehead atoms. The zero-order valence-electron chi connectivity index (χ0n) is 16.4. The highest BCUT2D eigenvalue weighted by Gasteiger charge is 2.19. The molecule has 4 heteroatoms. The number of carbonyl (C=O) groups excluding carboxylic acids is 2. The number of amides is 1. The van der Waals surface area contributed by atoms with Crippen molar-refractivity contribution in [1.29, 1.82) is 0 Å². The number of esters is 1. The van der Waals surface area contributed by atoms with Gasteiger partial charge in [-0.2, -0.15) is 0 Å². The molecule has 1 atom stereocenters. The predicted molar refractivity (Wildman–Crippen MR) is 104 cm³/mol. The molecule has 1 N–H and O–H groups in total. The van der Waals surface area contributed by atoms with Crippen molar-refractivity contribution in [2.75, 3.05) is 5.32 Å². The fourth-order valence-electron chi connectivity index (χ4n) is 2.97. The highest BCUT2D eigenvalue weighted by molar-refractivity contribution is 5.96. The van der Waals surface area contributed by atoms with Gasteiger partial charge in [-0.05, 0) is 69.4 Å². The van der Waals surface area contributed by atoms with Crippen LogP contribution in [0, 0.1) is 34.6 Å². The number of aryl methyl sites for hydroxylation is 5. The lowest BCUT2D eigenvalue weighted by molar-refractivity contribution is -0.152. The van der Waals surface area contributed by atoms with E-state index in [0.717, 1.165) is 33.5 Å². The van der Waals surface area contributed by atoms with Gasteiger partial charge in [0, 0.05) is 5.69 Å². The molecule has 0 heterocycles. The van der Waals surface area contributed by atoms with Gasteiger partial charge in [-0.15, -0.1) is 0 Å². The summed E-state index contributed by atoms with van der Waals surface area (Å²) in [6.07, 6.45) is -0.699. The van der Waals surface area contributed by atoms with Crippen LogP contribution in [0.25, 0.3) is 0 Å². The third kappa shape index (κ3) is 4.94. The fourth-order valence-corrected chi connectivity index (χ4v) is 2.97. The second-order valence-electron chi connectivity index (χ2n) is 6.99. The maximum absolute atomic E-state index is 12.4. The fraction of sp³-hybridized carbons (Fsp3) is 0.364. The molecule has 138 valence electrons. The number of carbonyl (C=O) groups is 2. The van der Waals surface area contributed by atoms with Gasteiger partial charge >= 0.3 is 5.97 Å². The molecule has 0 fully saturated rings. The maximum atomic E-state index is 12.4. The third-order valence-electron chi connectivity index (χ3n) is 4.52. The molecule has 0 aliphatic heterocycles. The molecular formula is C22H27NO3. The maximum Gasteiger partial charge on any atom is 0.311 e. The molecule has 2 rings (SSSR count). The molecule has 0 unspecified atom stereocenters. The van der Waals surface area contributed by atoms with Crippen molar-refractivity contribution in [1.82, 2.24) is 0 Å². The molecule has 2 aromatic rings. The van der Waals surface area contributed by atoms with E-state index < -0.39 is 12.1 Å². The van der Waals surface area contributed by atoms with E-state index in [1.165, 1.54) is 5.56 Å². The Morgan fingerprint density at radius 3 is 2.12 bits per heavy atom. The number of hydrogen-bond acceptors (Lipinski definition) is 3. The number of rotatable bonds is 5.